The van der Waals surface area contributed by atoms with E-state index in [1.165, 1.54) is 12.1 Å². The third-order valence-electron chi connectivity index (χ3n) is 3.61. The number of rotatable bonds is 8. The van der Waals surface area contributed by atoms with Crippen LogP contribution in [0.1, 0.15) is 17.5 Å². The van der Waals surface area contributed by atoms with Crippen LogP contribution in [-0.2, 0) is 22.6 Å². The maximum atomic E-state index is 11.9. The molecule has 132 valence electrons. The van der Waals surface area contributed by atoms with Crippen molar-refractivity contribution < 1.29 is 23.9 Å². The number of non-ortho nitro benzene ring substituents is 1. The van der Waals surface area contributed by atoms with Crippen LogP contribution in [0.25, 0.3) is 0 Å². The zero-order valence-corrected chi connectivity index (χ0v) is 14.1. The second-order valence-corrected chi connectivity index (χ2v) is 5.27. The first-order chi connectivity index (χ1) is 12.0. The molecule has 0 radical (unpaired) electrons. The van der Waals surface area contributed by atoms with Crippen LogP contribution in [0.4, 0.5) is 5.69 Å². The number of esters is 1. The first-order valence-electron chi connectivity index (χ1n) is 7.63. The largest absolute Gasteiger partial charge is 0.493 e. The van der Waals surface area contributed by atoms with Crippen molar-refractivity contribution in [1.29, 1.82) is 0 Å². The van der Waals surface area contributed by atoms with Gasteiger partial charge in [-0.15, -0.1) is 0 Å². The van der Waals surface area contributed by atoms with E-state index in [2.05, 4.69) is 0 Å². The average Bonchev–Trinajstić information content (AvgIpc) is 2.64. The molecule has 0 aliphatic heterocycles. The van der Waals surface area contributed by atoms with E-state index < -0.39 is 4.92 Å². The fraction of sp³-hybridized carbons (Fsp3) is 0.278. The average molecular weight is 345 g/mol. The molecule has 0 N–H and O–H groups in total. The van der Waals surface area contributed by atoms with Crippen molar-refractivity contribution in [3.8, 4) is 11.5 Å². The lowest BCUT2D eigenvalue weighted by molar-refractivity contribution is -0.384. The number of nitro groups is 1. The van der Waals surface area contributed by atoms with Gasteiger partial charge in [-0.3, -0.25) is 14.9 Å². The van der Waals surface area contributed by atoms with Crippen LogP contribution in [-0.4, -0.2) is 25.1 Å². The number of hydrogen-bond donors (Lipinski definition) is 0. The Morgan fingerprint density at radius 3 is 2.24 bits per heavy atom. The summed E-state index contributed by atoms with van der Waals surface area (Å²) in [5, 5.41) is 10.6. The summed E-state index contributed by atoms with van der Waals surface area (Å²) in [6.45, 7) is 0.0861. The lowest BCUT2D eigenvalue weighted by Crippen LogP contribution is -2.06. The SMILES string of the molecule is COc1ccc(CCC(=O)OCc2ccc([N+](=O)[O-])cc2)cc1OC. The molecule has 2 aromatic rings. The lowest BCUT2D eigenvalue weighted by Gasteiger charge is -2.09. The van der Waals surface area contributed by atoms with Crippen LogP contribution in [0.2, 0.25) is 0 Å². The molecule has 0 bridgehead atoms. The molecule has 0 aromatic heterocycles. The van der Waals surface area contributed by atoms with Gasteiger partial charge in [0.05, 0.1) is 19.1 Å². The van der Waals surface area contributed by atoms with Gasteiger partial charge in [0.25, 0.3) is 5.69 Å². The molecule has 0 unspecified atom stereocenters. The Hall–Kier alpha value is -3.09. The fourth-order valence-electron chi connectivity index (χ4n) is 2.23. The Balaban J connectivity index is 1.83. The highest BCUT2D eigenvalue weighted by Crippen LogP contribution is 2.28. The van der Waals surface area contributed by atoms with Crippen molar-refractivity contribution in [3.05, 3.63) is 63.7 Å². The van der Waals surface area contributed by atoms with Crippen LogP contribution < -0.4 is 9.47 Å². The fourth-order valence-corrected chi connectivity index (χ4v) is 2.23. The Morgan fingerprint density at radius 1 is 1.00 bits per heavy atom. The number of benzene rings is 2. The van der Waals surface area contributed by atoms with Crippen LogP contribution in [0.3, 0.4) is 0 Å². The van der Waals surface area contributed by atoms with E-state index in [1.807, 2.05) is 12.1 Å². The van der Waals surface area contributed by atoms with Gasteiger partial charge >= 0.3 is 5.97 Å². The third-order valence-corrected chi connectivity index (χ3v) is 3.61. The van der Waals surface area contributed by atoms with Gasteiger partial charge in [-0.05, 0) is 41.8 Å². The Labute approximate surface area is 145 Å². The molecule has 2 aromatic carbocycles. The Kier molecular flexibility index (Phi) is 6.33. The van der Waals surface area contributed by atoms with Crippen molar-refractivity contribution in [3.63, 3.8) is 0 Å². The van der Waals surface area contributed by atoms with Gasteiger partial charge < -0.3 is 14.2 Å². The molecule has 0 atom stereocenters. The molecular formula is C18H19NO6. The van der Waals surface area contributed by atoms with Gasteiger partial charge in [-0.1, -0.05) is 6.07 Å². The molecular weight excluding hydrogens is 326 g/mol. The van der Waals surface area contributed by atoms with E-state index in [4.69, 9.17) is 14.2 Å². The maximum absolute atomic E-state index is 11.9. The molecule has 0 saturated heterocycles. The van der Waals surface area contributed by atoms with Crippen molar-refractivity contribution >= 4 is 11.7 Å². The first kappa shape index (κ1) is 18.3. The van der Waals surface area contributed by atoms with Crippen LogP contribution in [0.15, 0.2) is 42.5 Å². The highest BCUT2D eigenvalue weighted by Gasteiger charge is 2.09. The summed E-state index contributed by atoms with van der Waals surface area (Å²) in [7, 11) is 3.12. The van der Waals surface area contributed by atoms with E-state index in [0.29, 0.717) is 23.5 Å². The molecule has 0 saturated carbocycles. The van der Waals surface area contributed by atoms with E-state index in [0.717, 1.165) is 5.56 Å². The highest BCUT2D eigenvalue weighted by molar-refractivity contribution is 5.69. The Morgan fingerprint density at radius 2 is 1.64 bits per heavy atom. The van der Waals surface area contributed by atoms with E-state index in [-0.39, 0.29) is 24.7 Å². The quantitative estimate of drug-likeness (QED) is 0.414. The van der Waals surface area contributed by atoms with Gasteiger partial charge in [0, 0.05) is 18.6 Å². The number of nitrogens with zero attached hydrogens (tertiary/aromatic N) is 1. The highest BCUT2D eigenvalue weighted by atomic mass is 16.6. The van der Waals surface area contributed by atoms with E-state index in [9.17, 15) is 14.9 Å². The molecule has 0 aliphatic carbocycles. The summed E-state index contributed by atoms with van der Waals surface area (Å²) >= 11 is 0. The predicted octanol–water partition coefficient (Wildman–Crippen LogP) is 3.29. The zero-order valence-electron chi connectivity index (χ0n) is 14.1. The summed E-state index contributed by atoms with van der Waals surface area (Å²) in [6.07, 6.45) is 0.738. The second kappa shape index (κ2) is 8.68. The van der Waals surface area contributed by atoms with Gasteiger partial charge in [0.2, 0.25) is 0 Å². The summed E-state index contributed by atoms with van der Waals surface area (Å²) in [4.78, 5) is 22.0. The topological polar surface area (TPSA) is 87.9 Å². The molecule has 0 spiro atoms. The van der Waals surface area contributed by atoms with Gasteiger partial charge in [0.1, 0.15) is 6.61 Å². The molecule has 0 heterocycles. The second-order valence-electron chi connectivity index (χ2n) is 5.27. The Bertz CT molecular complexity index is 742. The van der Waals surface area contributed by atoms with Crippen molar-refractivity contribution in [2.45, 2.75) is 19.4 Å². The van der Waals surface area contributed by atoms with Crippen molar-refractivity contribution in [2.24, 2.45) is 0 Å². The van der Waals surface area contributed by atoms with E-state index in [1.54, 1.807) is 32.4 Å². The smallest absolute Gasteiger partial charge is 0.306 e. The molecule has 0 aliphatic rings. The minimum Gasteiger partial charge on any atom is -0.493 e. The van der Waals surface area contributed by atoms with Crippen LogP contribution in [0.5, 0.6) is 11.5 Å². The lowest BCUT2D eigenvalue weighted by atomic mass is 10.1. The minimum atomic E-state index is -0.473. The summed E-state index contributed by atoms with van der Waals surface area (Å²) in [5.41, 5.74) is 1.64. The number of methoxy groups -OCH3 is 2. The maximum Gasteiger partial charge on any atom is 0.306 e. The minimum absolute atomic E-state index is 0.00327. The molecule has 7 heteroatoms. The molecule has 2 rings (SSSR count). The summed E-state index contributed by atoms with van der Waals surface area (Å²) < 4.78 is 15.6. The summed E-state index contributed by atoms with van der Waals surface area (Å²) in [5.74, 6) is 0.902. The van der Waals surface area contributed by atoms with E-state index >= 15 is 0 Å². The standard InChI is InChI=1S/C18H19NO6/c1-23-16-9-5-13(11-17(16)24-2)6-10-18(20)25-12-14-3-7-15(8-4-14)19(21)22/h3-5,7-9,11H,6,10,12H2,1-2H3. The van der Waals surface area contributed by atoms with Gasteiger partial charge in [0.15, 0.2) is 11.5 Å². The number of carbonyl (C=O) groups is 1. The number of ether oxygens (including phenoxy) is 3. The van der Waals surface area contributed by atoms with Crippen molar-refractivity contribution in [2.75, 3.05) is 14.2 Å². The summed E-state index contributed by atoms with van der Waals surface area (Å²) in [6, 6.07) is 11.4. The first-order valence-corrected chi connectivity index (χ1v) is 7.63. The van der Waals surface area contributed by atoms with Crippen LogP contribution >= 0.6 is 0 Å². The number of nitro benzene ring substituents is 1. The van der Waals surface area contributed by atoms with Crippen molar-refractivity contribution in [1.82, 2.24) is 0 Å². The van der Waals surface area contributed by atoms with Gasteiger partial charge in [-0.2, -0.15) is 0 Å². The van der Waals surface area contributed by atoms with Crippen LogP contribution in [0, 0.1) is 10.1 Å². The predicted molar refractivity (Wildman–Crippen MR) is 90.8 cm³/mol. The normalized spacial score (nSPS) is 10.2. The third kappa shape index (κ3) is 5.20. The number of hydrogen-bond acceptors (Lipinski definition) is 6. The molecule has 25 heavy (non-hydrogen) atoms. The number of carbonyl (C=O) groups excluding carboxylic acids is 1. The number of aryl methyl sites for hydroxylation is 1. The molecule has 0 amide bonds. The zero-order chi connectivity index (χ0) is 18.2. The molecule has 7 nitrogen and oxygen atoms in total. The molecule has 0 fully saturated rings. The monoisotopic (exact) mass is 345 g/mol. The van der Waals surface area contributed by atoms with Gasteiger partial charge in [-0.25, -0.2) is 0 Å².